The summed E-state index contributed by atoms with van der Waals surface area (Å²) in [6.45, 7) is 12.5. The molecule has 198 valence electrons. The molecule has 3 aliphatic heterocycles. The van der Waals surface area contributed by atoms with Gasteiger partial charge in [-0.15, -0.1) is 11.8 Å². The number of nitrogens with one attached hydrogen (secondary N) is 2. The molecule has 3 heterocycles. The lowest BCUT2D eigenvalue weighted by molar-refractivity contribution is -0.143. The smallest absolute Gasteiger partial charge is 0.248 e. The Bertz CT molecular complexity index is 1030. The van der Waals surface area contributed by atoms with Crippen LogP contribution < -0.4 is 10.6 Å². The molecule has 4 rings (SSSR count). The van der Waals surface area contributed by atoms with Crippen LogP contribution in [0.4, 0.5) is 5.69 Å². The van der Waals surface area contributed by atoms with E-state index in [0.29, 0.717) is 19.4 Å². The van der Waals surface area contributed by atoms with Gasteiger partial charge in [0, 0.05) is 17.0 Å². The molecule has 1 aromatic rings. The second kappa shape index (κ2) is 10.0. The fourth-order valence-electron chi connectivity index (χ4n) is 6.84. The van der Waals surface area contributed by atoms with E-state index in [1.54, 1.807) is 16.7 Å². The number of benzene rings is 1. The zero-order chi connectivity index (χ0) is 26.4. The Morgan fingerprint density at radius 2 is 1.86 bits per heavy atom. The van der Waals surface area contributed by atoms with Crippen molar-refractivity contribution in [1.29, 1.82) is 0 Å². The first-order valence-electron chi connectivity index (χ1n) is 13.3. The highest BCUT2D eigenvalue weighted by atomic mass is 32.2. The monoisotopic (exact) mass is 515 g/mol. The van der Waals surface area contributed by atoms with Crippen LogP contribution >= 0.6 is 11.8 Å². The molecule has 0 saturated carbocycles. The molecule has 3 saturated heterocycles. The number of hydrogen-bond acceptors (Lipinski definition) is 5. The van der Waals surface area contributed by atoms with Crippen LogP contribution in [0.3, 0.4) is 0 Å². The first kappa shape index (κ1) is 27.0. The molecule has 3 aliphatic rings. The van der Waals surface area contributed by atoms with Gasteiger partial charge in [-0.1, -0.05) is 39.0 Å². The number of hydrogen-bond donors (Lipinski definition) is 3. The number of nitrogens with zero attached hydrogens (tertiary/aromatic N) is 1. The van der Waals surface area contributed by atoms with Gasteiger partial charge in [0.05, 0.1) is 29.2 Å². The van der Waals surface area contributed by atoms with E-state index in [-0.39, 0.29) is 30.2 Å². The fraction of sp³-hybridized carbons (Fsp3) is 0.679. The zero-order valence-corrected chi connectivity index (χ0v) is 23.2. The Kier molecular flexibility index (Phi) is 7.50. The van der Waals surface area contributed by atoms with E-state index in [0.717, 1.165) is 29.7 Å². The summed E-state index contributed by atoms with van der Waals surface area (Å²) < 4.78 is -1.08. The van der Waals surface area contributed by atoms with Gasteiger partial charge in [-0.25, -0.2) is 0 Å². The van der Waals surface area contributed by atoms with Crippen LogP contribution in [0.25, 0.3) is 0 Å². The van der Waals surface area contributed by atoms with Crippen LogP contribution in [0.15, 0.2) is 18.2 Å². The van der Waals surface area contributed by atoms with Crippen molar-refractivity contribution in [3.05, 3.63) is 29.3 Å². The molecule has 0 radical (unpaired) electrons. The number of carbonyl (C=O) groups excluding carboxylic acids is 3. The third kappa shape index (κ3) is 4.24. The summed E-state index contributed by atoms with van der Waals surface area (Å²) in [6.07, 6.45) is 2.89. The Morgan fingerprint density at radius 1 is 1.19 bits per heavy atom. The molecule has 8 heteroatoms. The molecule has 36 heavy (non-hydrogen) atoms. The van der Waals surface area contributed by atoms with E-state index in [4.69, 9.17) is 0 Å². The molecule has 0 aromatic heterocycles. The molecule has 3 N–H and O–H groups in total. The highest BCUT2D eigenvalue weighted by Crippen LogP contribution is 2.71. The number of carbonyl (C=O) groups is 3. The van der Waals surface area contributed by atoms with Gasteiger partial charge in [-0.3, -0.25) is 14.4 Å². The molecule has 0 aliphatic carbocycles. The summed E-state index contributed by atoms with van der Waals surface area (Å²) in [7, 11) is 0. The Labute approximate surface area is 219 Å². The van der Waals surface area contributed by atoms with Crippen molar-refractivity contribution < 1.29 is 19.5 Å². The first-order chi connectivity index (χ1) is 17.0. The molecule has 2 unspecified atom stereocenters. The third-order valence-corrected chi connectivity index (χ3v) is 10.4. The van der Waals surface area contributed by atoms with Crippen molar-refractivity contribution in [2.75, 3.05) is 18.5 Å². The number of amides is 3. The van der Waals surface area contributed by atoms with E-state index in [1.165, 1.54) is 0 Å². The SMILES string of the molecule is CCCNC(=O)[C@H]1[C@H]2C(=O)N([C@@H](CO)CC(C)C)C(C(=O)Nc3c(C)cccc3C)C23CC[C@]1(C)S3. The predicted octanol–water partition coefficient (Wildman–Crippen LogP) is 3.66. The minimum absolute atomic E-state index is 0.0908. The van der Waals surface area contributed by atoms with Gasteiger partial charge in [0.2, 0.25) is 17.7 Å². The number of aliphatic hydroxyl groups is 1. The number of fused-ring (bicyclic) bond motifs is 1. The van der Waals surface area contributed by atoms with Gasteiger partial charge in [0.15, 0.2) is 0 Å². The van der Waals surface area contributed by atoms with Gasteiger partial charge in [-0.05, 0) is 63.5 Å². The quantitative estimate of drug-likeness (QED) is 0.466. The summed E-state index contributed by atoms with van der Waals surface area (Å²) in [6, 6.07) is 4.65. The molecule has 2 bridgehead atoms. The predicted molar refractivity (Wildman–Crippen MR) is 144 cm³/mol. The fourth-order valence-corrected chi connectivity index (χ4v) is 9.18. The van der Waals surface area contributed by atoms with E-state index in [9.17, 15) is 19.5 Å². The lowest BCUT2D eigenvalue weighted by Crippen LogP contribution is -2.55. The second-order valence-corrected chi connectivity index (χ2v) is 13.4. The molecular formula is C28H41N3O4S. The maximum absolute atomic E-state index is 14.2. The molecule has 3 fully saturated rings. The molecule has 7 nitrogen and oxygen atoms in total. The molecular weight excluding hydrogens is 474 g/mol. The van der Waals surface area contributed by atoms with Crippen LogP contribution in [0.2, 0.25) is 0 Å². The lowest BCUT2D eigenvalue weighted by Gasteiger charge is -2.37. The highest BCUT2D eigenvalue weighted by Gasteiger charge is 2.77. The topological polar surface area (TPSA) is 98.7 Å². The van der Waals surface area contributed by atoms with Crippen LogP contribution in [-0.2, 0) is 14.4 Å². The summed E-state index contributed by atoms with van der Waals surface area (Å²) in [5.74, 6) is -1.31. The van der Waals surface area contributed by atoms with Gasteiger partial charge in [-0.2, -0.15) is 0 Å². The van der Waals surface area contributed by atoms with Crippen LogP contribution in [0.5, 0.6) is 0 Å². The Hall–Kier alpha value is -2.06. The van der Waals surface area contributed by atoms with Gasteiger partial charge in [0.1, 0.15) is 6.04 Å². The standard InChI is InChI=1S/C28H41N3O4S/c1-7-13-29-24(33)20-21-26(35)31(19(15-32)14-16(2)3)23(28(21)12-11-27(20,6)36-28)25(34)30-22-17(4)9-8-10-18(22)5/h8-10,16,19-21,23,32H,7,11-15H2,1-6H3,(H,29,33)(H,30,34)/t19-,20-,21+,23?,27+,28?/m1/s1. The average Bonchev–Trinajstić information content (AvgIpc) is 3.39. The highest BCUT2D eigenvalue weighted by molar-refractivity contribution is 8.02. The summed E-state index contributed by atoms with van der Waals surface area (Å²) >= 11 is 1.67. The maximum Gasteiger partial charge on any atom is 0.248 e. The molecule has 1 spiro atoms. The minimum atomic E-state index is -0.749. The Morgan fingerprint density at radius 3 is 2.44 bits per heavy atom. The number of para-hydroxylation sites is 1. The van der Waals surface area contributed by atoms with E-state index < -0.39 is 33.4 Å². The summed E-state index contributed by atoms with van der Waals surface area (Å²) in [4.78, 5) is 43.5. The summed E-state index contributed by atoms with van der Waals surface area (Å²) in [5, 5.41) is 16.6. The number of aryl methyl sites for hydroxylation is 2. The minimum Gasteiger partial charge on any atom is -0.394 e. The van der Waals surface area contributed by atoms with Gasteiger partial charge < -0.3 is 20.6 Å². The maximum atomic E-state index is 14.2. The normalized spacial score (nSPS) is 31.6. The third-order valence-electron chi connectivity index (χ3n) is 8.37. The number of likely N-dealkylation sites (tertiary alicyclic amines) is 1. The average molecular weight is 516 g/mol. The van der Waals surface area contributed by atoms with Crippen molar-refractivity contribution in [2.45, 2.75) is 88.8 Å². The largest absolute Gasteiger partial charge is 0.394 e. The van der Waals surface area contributed by atoms with Crippen molar-refractivity contribution in [3.8, 4) is 0 Å². The van der Waals surface area contributed by atoms with E-state index >= 15 is 0 Å². The Balaban J connectivity index is 1.79. The number of anilines is 1. The van der Waals surface area contributed by atoms with Crippen molar-refractivity contribution in [3.63, 3.8) is 0 Å². The van der Waals surface area contributed by atoms with E-state index in [2.05, 4.69) is 31.4 Å². The number of rotatable bonds is 9. The van der Waals surface area contributed by atoms with Crippen LogP contribution in [-0.4, -0.2) is 62.5 Å². The summed E-state index contributed by atoms with van der Waals surface area (Å²) in [5.41, 5.74) is 2.68. The zero-order valence-electron chi connectivity index (χ0n) is 22.4. The van der Waals surface area contributed by atoms with Crippen molar-refractivity contribution in [1.82, 2.24) is 10.2 Å². The van der Waals surface area contributed by atoms with Crippen LogP contribution in [0.1, 0.15) is 64.5 Å². The molecule has 6 atom stereocenters. The van der Waals surface area contributed by atoms with Gasteiger partial charge >= 0.3 is 0 Å². The van der Waals surface area contributed by atoms with Crippen molar-refractivity contribution >= 4 is 35.2 Å². The van der Waals surface area contributed by atoms with Crippen molar-refractivity contribution in [2.24, 2.45) is 17.8 Å². The van der Waals surface area contributed by atoms with Crippen LogP contribution in [0, 0.1) is 31.6 Å². The molecule has 1 aromatic carbocycles. The number of thioether (sulfide) groups is 1. The van der Waals surface area contributed by atoms with E-state index in [1.807, 2.05) is 39.0 Å². The first-order valence-corrected chi connectivity index (χ1v) is 14.1. The second-order valence-electron chi connectivity index (χ2n) is 11.5. The lowest BCUT2D eigenvalue weighted by atomic mass is 9.66. The van der Waals surface area contributed by atoms with Gasteiger partial charge in [0.25, 0.3) is 0 Å². The number of aliphatic hydroxyl groups excluding tert-OH is 1. The molecule has 3 amide bonds.